The smallest absolute Gasteiger partial charge is 0.335 e. The Morgan fingerprint density at radius 3 is 1.80 bits per heavy atom. The first-order valence-electron chi connectivity index (χ1n) is 13.2. The van der Waals surface area contributed by atoms with Crippen LogP contribution in [-0.4, -0.2) is 40.2 Å². The lowest BCUT2D eigenvalue weighted by molar-refractivity contribution is -0.140. The van der Waals surface area contributed by atoms with E-state index in [1.54, 1.807) is 12.1 Å². The van der Waals surface area contributed by atoms with Crippen LogP contribution in [0.4, 0.5) is 5.69 Å². The Balaban J connectivity index is 1.14. The molecular formula is C31H26Cl2N2O5. The van der Waals surface area contributed by atoms with E-state index in [-0.39, 0.29) is 36.3 Å². The number of amides is 3. The van der Waals surface area contributed by atoms with Gasteiger partial charge < -0.3 is 10.4 Å². The molecule has 0 aromatic heterocycles. The van der Waals surface area contributed by atoms with Crippen LogP contribution in [0.5, 0.6) is 0 Å². The predicted molar refractivity (Wildman–Crippen MR) is 150 cm³/mol. The van der Waals surface area contributed by atoms with Gasteiger partial charge in [0, 0.05) is 18.7 Å². The van der Waals surface area contributed by atoms with Gasteiger partial charge in [-0.3, -0.25) is 19.3 Å². The average Bonchev–Trinajstić information content (AvgIpc) is 3.22. The average molecular weight is 577 g/mol. The molecule has 0 unspecified atom stereocenters. The summed E-state index contributed by atoms with van der Waals surface area (Å²) in [4.78, 5) is 50.0. The van der Waals surface area contributed by atoms with Gasteiger partial charge in [0.05, 0.1) is 17.4 Å². The number of benzene rings is 3. The van der Waals surface area contributed by atoms with Crippen LogP contribution in [0.3, 0.4) is 0 Å². The van der Waals surface area contributed by atoms with Crippen molar-refractivity contribution in [2.75, 3.05) is 11.9 Å². The Morgan fingerprint density at radius 2 is 1.30 bits per heavy atom. The highest BCUT2D eigenvalue weighted by atomic mass is 35.5. The van der Waals surface area contributed by atoms with Crippen molar-refractivity contribution in [3.05, 3.63) is 101 Å². The van der Waals surface area contributed by atoms with Crippen LogP contribution in [0.25, 0.3) is 0 Å². The fraction of sp³-hybridized carbons (Fsp3) is 0.290. The molecule has 2 N–H and O–H groups in total. The van der Waals surface area contributed by atoms with Crippen LogP contribution in [0, 0.1) is 11.8 Å². The van der Waals surface area contributed by atoms with Gasteiger partial charge in [-0.1, -0.05) is 61.0 Å². The third-order valence-electron chi connectivity index (χ3n) is 8.36. The molecule has 204 valence electrons. The number of halogens is 2. The molecule has 2 atom stereocenters. The fourth-order valence-corrected chi connectivity index (χ4v) is 7.73. The first kappa shape index (κ1) is 26.5. The lowest BCUT2D eigenvalue weighted by Crippen LogP contribution is -2.57. The molecule has 1 aliphatic heterocycles. The van der Waals surface area contributed by atoms with Crippen molar-refractivity contribution in [1.82, 2.24) is 4.90 Å². The summed E-state index contributed by atoms with van der Waals surface area (Å²) in [6.45, 7) is 0.222. The molecule has 9 heteroatoms. The van der Waals surface area contributed by atoms with Crippen molar-refractivity contribution < 1.29 is 24.3 Å². The molecule has 1 heterocycles. The topological polar surface area (TPSA) is 104 Å². The Morgan fingerprint density at radius 1 is 0.775 bits per heavy atom. The highest BCUT2D eigenvalue weighted by Gasteiger charge is 2.72. The molecule has 0 spiro atoms. The van der Waals surface area contributed by atoms with Crippen LogP contribution < -0.4 is 5.32 Å². The molecule has 3 aromatic carbocycles. The fourth-order valence-electron chi connectivity index (χ4n) is 6.63. The second-order valence-electron chi connectivity index (χ2n) is 10.5. The molecule has 0 radical (unpaired) electrons. The predicted octanol–water partition coefficient (Wildman–Crippen LogP) is 5.48. The number of imide groups is 1. The number of anilines is 1. The number of carboxylic acids is 1. The number of alkyl halides is 2. The number of nitrogens with zero attached hydrogens (tertiary/aromatic N) is 1. The molecule has 40 heavy (non-hydrogen) atoms. The van der Waals surface area contributed by atoms with Gasteiger partial charge in [0.15, 0.2) is 0 Å². The Kier molecular flexibility index (Phi) is 6.47. The van der Waals surface area contributed by atoms with Gasteiger partial charge in [0.2, 0.25) is 17.7 Å². The minimum absolute atomic E-state index is 0.0930. The number of hydrogen-bond acceptors (Lipinski definition) is 4. The van der Waals surface area contributed by atoms with Crippen LogP contribution in [-0.2, 0) is 24.1 Å². The highest BCUT2D eigenvalue weighted by molar-refractivity contribution is 6.36. The second-order valence-corrected chi connectivity index (χ2v) is 11.7. The zero-order valence-electron chi connectivity index (χ0n) is 21.4. The summed E-state index contributed by atoms with van der Waals surface area (Å²) in [6.07, 6.45) is 1.92. The maximum Gasteiger partial charge on any atom is 0.335 e. The standard InChI is InChI=1S/C31H26Cl2N2O5/c32-30-20-11-3-4-12-21(20)31(33,23-14-6-5-13-22(23)30)26-25(30)27(37)35(28(26)38)16-7-1-2-15-24(36)34-19-10-8-9-18(17-19)29(39)40/h3-6,8-14,17,25-26H,1-2,7,15-16H2,(H,34,36)(H,39,40)/t25-,26-,30?,31?/m0/s1. The van der Waals surface area contributed by atoms with Gasteiger partial charge in [0.1, 0.15) is 9.75 Å². The highest BCUT2D eigenvalue weighted by Crippen LogP contribution is 2.69. The summed E-state index contributed by atoms with van der Waals surface area (Å²) < 4.78 is 0. The van der Waals surface area contributed by atoms with Gasteiger partial charge in [-0.15, -0.1) is 23.2 Å². The molecule has 0 saturated carbocycles. The monoisotopic (exact) mass is 576 g/mol. The van der Waals surface area contributed by atoms with Gasteiger partial charge >= 0.3 is 5.97 Å². The molecule has 7 nitrogen and oxygen atoms in total. The van der Waals surface area contributed by atoms with Crippen LogP contribution in [0.1, 0.15) is 58.3 Å². The summed E-state index contributed by atoms with van der Waals surface area (Å²) in [5.41, 5.74) is 3.60. The summed E-state index contributed by atoms with van der Waals surface area (Å²) >= 11 is 14.8. The number of carbonyl (C=O) groups excluding carboxylic acids is 3. The molecule has 2 bridgehead atoms. The van der Waals surface area contributed by atoms with E-state index in [0.29, 0.717) is 24.9 Å². The van der Waals surface area contributed by atoms with E-state index in [1.165, 1.54) is 17.0 Å². The third kappa shape index (κ3) is 3.79. The number of hydrogen-bond donors (Lipinski definition) is 2. The second kappa shape index (κ2) is 9.75. The summed E-state index contributed by atoms with van der Waals surface area (Å²) in [5.74, 6) is -3.54. The van der Waals surface area contributed by atoms with E-state index in [0.717, 1.165) is 22.3 Å². The Hall–Kier alpha value is -3.68. The Labute approximate surface area is 241 Å². The van der Waals surface area contributed by atoms with Crippen molar-refractivity contribution in [3.8, 4) is 0 Å². The first-order chi connectivity index (χ1) is 19.2. The molecule has 1 saturated heterocycles. The number of nitrogens with one attached hydrogen (secondary N) is 1. The molecule has 4 aliphatic rings. The van der Waals surface area contributed by atoms with Crippen molar-refractivity contribution >= 4 is 52.6 Å². The maximum atomic E-state index is 13.8. The SMILES string of the molecule is O=C(CCCCCN1C(=O)[C@@H]2[C@@H](C1=O)C1(Cl)c3ccccc3C2(Cl)c2ccccc21)Nc1cccc(C(=O)O)c1. The van der Waals surface area contributed by atoms with Crippen LogP contribution in [0.15, 0.2) is 72.8 Å². The minimum atomic E-state index is -1.19. The van der Waals surface area contributed by atoms with Gasteiger partial charge in [-0.05, 0) is 53.3 Å². The zero-order valence-corrected chi connectivity index (χ0v) is 22.9. The number of rotatable bonds is 8. The Bertz CT molecular complexity index is 1450. The maximum absolute atomic E-state index is 13.8. The van der Waals surface area contributed by atoms with Crippen molar-refractivity contribution in [1.29, 1.82) is 0 Å². The molecule has 1 fully saturated rings. The van der Waals surface area contributed by atoms with Crippen LogP contribution in [0.2, 0.25) is 0 Å². The van der Waals surface area contributed by atoms with E-state index in [9.17, 15) is 19.2 Å². The lowest BCUT2D eigenvalue weighted by Gasteiger charge is -2.54. The summed E-state index contributed by atoms with van der Waals surface area (Å²) in [7, 11) is 0. The number of unbranched alkanes of at least 4 members (excludes halogenated alkanes) is 2. The van der Waals surface area contributed by atoms with E-state index in [2.05, 4.69) is 5.32 Å². The molecule has 3 amide bonds. The number of carbonyl (C=O) groups is 4. The molecular weight excluding hydrogens is 551 g/mol. The van der Waals surface area contributed by atoms with E-state index < -0.39 is 27.6 Å². The van der Waals surface area contributed by atoms with Crippen LogP contribution >= 0.6 is 23.2 Å². The van der Waals surface area contributed by atoms with E-state index in [4.69, 9.17) is 28.3 Å². The molecule has 3 aromatic rings. The van der Waals surface area contributed by atoms with Crippen molar-refractivity contribution in [2.45, 2.75) is 35.4 Å². The normalized spacial score (nSPS) is 25.8. The molecule has 3 aliphatic carbocycles. The lowest BCUT2D eigenvalue weighted by atomic mass is 9.54. The van der Waals surface area contributed by atoms with E-state index >= 15 is 0 Å². The van der Waals surface area contributed by atoms with Gasteiger partial charge in [-0.25, -0.2) is 4.79 Å². The van der Waals surface area contributed by atoms with Gasteiger partial charge in [0.25, 0.3) is 0 Å². The number of carboxylic acid groups (broad SMARTS) is 1. The third-order valence-corrected chi connectivity index (χ3v) is 9.64. The summed E-state index contributed by atoms with van der Waals surface area (Å²) in [6, 6.07) is 21.1. The minimum Gasteiger partial charge on any atom is -0.478 e. The van der Waals surface area contributed by atoms with Crippen molar-refractivity contribution in [3.63, 3.8) is 0 Å². The molecule has 7 rings (SSSR count). The van der Waals surface area contributed by atoms with Crippen molar-refractivity contribution in [2.24, 2.45) is 11.8 Å². The number of aromatic carboxylic acids is 1. The van der Waals surface area contributed by atoms with E-state index in [1.807, 2.05) is 48.5 Å². The largest absolute Gasteiger partial charge is 0.478 e. The summed E-state index contributed by atoms with van der Waals surface area (Å²) in [5, 5.41) is 11.8. The quantitative estimate of drug-likeness (QED) is 0.210. The first-order valence-corrected chi connectivity index (χ1v) is 14.0. The van der Waals surface area contributed by atoms with Gasteiger partial charge in [-0.2, -0.15) is 0 Å². The zero-order chi connectivity index (χ0) is 28.2. The number of likely N-dealkylation sites (tertiary alicyclic amines) is 1.